The molecular formula is C9H13BrClNO2S2. The molecule has 0 bridgehead atoms. The summed E-state index contributed by atoms with van der Waals surface area (Å²) in [7, 11) is -3.46. The van der Waals surface area contributed by atoms with Crippen molar-refractivity contribution in [3.8, 4) is 0 Å². The van der Waals surface area contributed by atoms with E-state index in [1.807, 2.05) is 13.8 Å². The molecule has 0 saturated heterocycles. The molecule has 1 aromatic heterocycles. The zero-order valence-corrected chi connectivity index (χ0v) is 12.9. The highest BCUT2D eigenvalue weighted by Gasteiger charge is 2.26. The van der Waals surface area contributed by atoms with E-state index in [0.29, 0.717) is 10.8 Å². The second kappa shape index (κ2) is 5.35. The molecule has 0 aliphatic carbocycles. The lowest BCUT2D eigenvalue weighted by Gasteiger charge is -2.24. The lowest BCUT2D eigenvalue weighted by atomic mass is 10.0. The maximum atomic E-state index is 12.0. The third-order valence-electron chi connectivity index (χ3n) is 1.94. The highest BCUT2D eigenvalue weighted by molar-refractivity contribution is 9.09. The van der Waals surface area contributed by atoms with Crippen molar-refractivity contribution in [3.63, 3.8) is 0 Å². The molecular weight excluding hydrogens is 334 g/mol. The molecule has 0 spiro atoms. The standard InChI is InChI=1S/C9H13BrClNO2S2/c1-9(2,5-6-10)12-16(13,14)8-4-3-7(11)15-8/h3-4,12H,5-6H2,1-2H3. The molecule has 0 atom stereocenters. The first-order valence-electron chi connectivity index (χ1n) is 4.62. The minimum atomic E-state index is -3.46. The van der Waals surface area contributed by atoms with Crippen LogP contribution in [0.25, 0.3) is 0 Å². The van der Waals surface area contributed by atoms with E-state index in [2.05, 4.69) is 20.7 Å². The first-order chi connectivity index (χ1) is 7.27. The average molecular weight is 347 g/mol. The summed E-state index contributed by atoms with van der Waals surface area (Å²) in [5.41, 5.74) is -0.473. The molecule has 1 heterocycles. The summed E-state index contributed by atoms with van der Waals surface area (Å²) in [6, 6.07) is 3.10. The fraction of sp³-hybridized carbons (Fsp3) is 0.556. The maximum absolute atomic E-state index is 12.0. The van der Waals surface area contributed by atoms with Crippen LogP contribution in [0.15, 0.2) is 16.3 Å². The van der Waals surface area contributed by atoms with Crippen LogP contribution in [0, 0.1) is 0 Å². The van der Waals surface area contributed by atoms with Crippen molar-refractivity contribution >= 4 is 48.9 Å². The van der Waals surface area contributed by atoms with E-state index >= 15 is 0 Å². The van der Waals surface area contributed by atoms with Crippen LogP contribution in [0.4, 0.5) is 0 Å². The van der Waals surface area contributed by atoms with Gasteiger partial charge in [0.05, 0.1) is 4.34 Å². The average Bonchev–Trinajstić information content (AvgIpc) is 2.49. The van der Waals surface area contributed by atoms with Gasteiger partial charge in [-0.25, -0.2) is 13.1 Å². The molecule has 0 aliphatic heterocycles. The first-order valence-corrected chi connectivity index (χ1v) is 8.42. The van der Waals surface area contributed by atoms with Gasteiger partial charge in [-0.2, -0.15) is 0 Å². The summed E-state index contributed by atoms with van der Waals surface area (Å²) < 4.78 is 27.3. The molecule has 0 amide bonds. The zero-order chi connectivity index (χ0) is 12.4. The topological polar surface area (TPSA) is 46.2 Å². The minimum Gasteiger partial charge on any atom is -0.206 e. The number of halogens is 2. The van der Waals surface area contributed by atoms with Crippen molar-refractivity contribution in [2.75, 3.05) is 5.33 Å². The number of nitrogens with one attached hydrogen (secondary N) is 1. The molecule has 0 aliphatic rings. The number of hydrogen-bond donors (Lipinski definition) is 1. The smallest absolute Gasteiger partial charge is 0.206 e. The molecule has 1 aromatic rings. The van der Waals surface area contributed by atoms with Crippen LogP contribution in [0.5, 0.6) is 0 Å². The second-order valence-corrected chi connectivity index (χ2v) is 8.40. The molecule has 1 N–H and O–H groups in total. The van der Waals surface area contributed by atoms with Gasteiger partial charge in [-0.15, -0.1) is 11.3 Å². The monoisotopic (exact) mass is 345 g/mol. The number of alkyl halides is 1. The fourth-order valence-corrected chi connectivity index (χ4v) is 5.06. The van der Waals surface area contributed by atoms with Crippen LogP contribution in [0.2, 0.25) is 4.34 Å². The third kappa shape index (κ3) is 4.00. The first kappa shape index (κ1) is 14.4. The van der Waals surface area contributed by atoms with Crippen LogP contribution in [-0.4, -0.2) is 19.3 Å². The van der Waals surface area contributed by atoms with Gasteiger partial charge < -0.3 is 0 Å². The number of thiophene rings is 1. The number of sulfonamides is 1. The molecule has 3 nitrogen and oxygen atoms in total. The maximum Gasteiger partial charge on any atom is 0.250 e. The third-order valence-corrected chi connectivity index (χ3v) is 5.76. The van der Waals surface area contributed by atoms with E-state index in [0.717, 1.165) is 16.7 Å². The van der Waals surface area contributed by atoms with Crippen LogP contribution in [-0.2, 0) is 10.0 Å². The molecule has 1 rings (SSSR count). The Hall–Kier alpha value is 0.380. The van der Waals surface area contributed by atoms with E-state index in [-0.39, 0.29) is 4.21 Å². The Labute approximate surface area is 113 Å². The van der Waals surface area contributed by atoms with Crippen LogP contribution in [0.1, 0.15) is 20.3 Å². The van der Waals surface area contributed by atoms with E-state index in [1.54, 1.807) is 6.07 Å². The Morgan fingerprint density at radius 2 is 2.12 bits per heavy atom. The normalized spacial score (nSPS) is 13.0. The van der Waals surface area contributed by atoms with Gasteiger partial charge in [0.15, 0.2) is 0 Å². The van der Waals surface area contributed by atoms with Crippen molar-refractivity contribution in [2.45, 2.75) is 30.0 Å². The highest BCUT2D eigenvalue weighted by atomic mass is 79.9. The lowest BCUT2D eigenvalue weighted by molar-refractivity contribution is 0.444. The van der Waals surface area contributed by atoms with Crippen molar-refractivity contribution in [2.24, 2.45) is 0 Å². The van der Waals surface area contributed by atoms with Crippen LogP contribution in [0.3, 0.4) is 0 Å². The van der Waals surface area contributed by atoms with Gasteiger partial charge in [-0.3, -0.25) is 0 Å². The molecule has 0 radical (unpaired) electrons. The van der Waals surface area contributed by atoms with Crippen LogP contribution < -0.4 is 4.72 Å². The molecule has 0 aromatic carbocycles. The Morgan fingerprint density at radius 3 is 2.56 bits per heavy atom. The summed E-state index contributed by atoms with van der Waals surface area (Å²) >= 11 is 10.1. The molecule has 92 valence electrons. The SMILES string of the molecule is CC(C)(CCBr)NS(=O)(=O)c1ccc(Cl)s1. The van der Waals surface area contributed by atoms with Crippen molar-refractivity contribution in [3.05, 3.63) is 16.5 Å². The Balaban J connectivity index is 2.88. The van der Waals surface area contributed by atoms with Crippen LogP contribution >= 0.6 is 38.9 Å². The highest BCUT2D eigenvalue weighted by Crippen LogP contribution is 2.26. The van der Waals surface area contributed by atoms with Gasteiger partial charge in [0, 0.05) is 10.9 Å². The Bertz CT molecular complexity index is 456. The van der Waals surface area contributed by atoms with Gasteiger partial charge >= 0.3 is 0 Å². The van der Waals surface area contributed by atoms with E-state index < -0.39 is 15.6 Å². The Kier molecular flexibility index (Phi) is 4.83. The van der Waals surface area contributed by atoms with E-state index in [9.17, 15) is 8.42 Å². The molecule has 16 heavy (non-hydrogen) atoms. The molecule has 7 heteroatoms. The lowest BCUT2D eigenvalue weighted by Crippen LogP contribution is -2.43. The van der Waals surface area contributed by atoms with Crippen molar-refractivity contribution in [1.82, 2.24) is 4.72 Å². The van der Waals surface area contributed by atoms with Gasteiger partial charge in [0.1, 0.15) is 4.21 Å². The number of rotatable bonds is 5. The Morgan fingerprint density at radius 1 is 1.50 bits per heavy atom. The summed E-state index contributed by atoms with van der Waals surface area (Å²) in [6.45, 7) is 3.70. The van der Waals surface area contributed by atoms with Gasteiger partial charge in [-0.1, -0.05) is 27.5 Å². The second-order valence-electron chi connectivity index (χ2n) is 3.99. The van der Waals surface area contributed by atoms with Gasteiger partial charge in [0.2, 0.25) is 0 Å². The van der Waals surface area contributed by atoms with Crippen molar-refractivity contribution < 1.29 is 8.42 Å². The fourth-order valence-electron chi connectivity index (χ4n) is 1.14. The predicted octanol–water partition coefficient (Wildman–Crippen LogP) is 3.24. The summed E-state index contributed by atoms with van der Waals surface area (Å²) in [4.78, 5) is 0. The summed E-state index contributed by atoms with van der Waals surface area (Å²) in [6.07, 6.45) is 0.714. The largest absolute Gasteiger partial charge is 0.250 e. The summed E-state index contributed by atoms with van der Waals surface area (Å²) in [5, 5.41) is 0.744. The van der Waals surface area contributed by atoms with E-state index in [4.69, 9.17) is 11.6 Å². The predicted molar refractivity (Wildman–Crippen MR) is 72.1 cm³/mol. The quantitative estimate of drug-likeness (QED) is 0.832. The summed E-state index contributed by atoms with van der Waals surface area (Å²) in [5.74, 6) is 0. The molecule has 0 saturated carbocycles. The van der Waals surface area contributed by atoms with Gasteiger partial charge in [0.25, 0.3) is 10.0 Å². The molecule has 0 unspecified atom stereocenters. The van der Waals surface area contributed by atoms with Gasteiger partial charge in [-0.05, 0) is 32.4 Å². The number of hydrogen-bond acceptors (Lipinski definition) is 3. The van der Waals surface area contributed by atoms with Crippen molar-refractivity contribution in [1.29, 1.82) is 0 Å². The van der Waals surface area contributed by atoms with E-state index in [1.165, 1.54) is 6.07 Å². The minimum absolute atomic E-state index is 0.250. The molecule has 0 fully saturated rings. The zero-order valence-electron chi connectivity index (χ0n) is 8.96.